The molecule has 0 radical (unpaired) electrons. The van der Waals surface area contributed by atoms with Crippen LogP contribution in [0, 0.1) is 6.92 Å². The molecule has 0 unspecified atom stereocenters. The number of benzene rings is 2. The molecular formula is C18H20Cl2N2O4S. The minimum absolute atomic E-state index is 0.00142. The van der Waals surface area contributed by atoms with Crippen LogP contribution in [0.1, 0.15) is 24.5 Å². The molecule has 2 rings (SSSR count). The Bertz CT molecular complexity index is 923. The molecule has 9 heteroatoms. The fraction of sp³-hybridized carbons (Fsp3) is 0.278. The first-order valence-electron chi connectivity index (χ1n) is 8.10. The number of sulfonamides is 1. The second-order valence-electron chi connectivity index (χ2n) is 5.67. The van der Waals surface area contributed by atoms with Crippen molar-refractivity contribution in [1.82, 2.24) is 4.83 Å². The first-order valence-corrected chi connectivity index (χ1v) is 10.3. The van der Waals surface area contributed by atoms with Gasteiger partial charge in [0.2, 0.25) is 0 Å². The van der Waals surface area contributed by atoms with E-state index < -0.39 is 10.0 Å². The number of hydrogen-bond acceptors (Lipinski definition) is 5. The molecule has 0 aromatic heterocycles. The maximum Gasteiger partial charge on any atom is 0.280 e. The molecule has 2 aromatic rings. The van der Waals surface area contributed by atoms with Crippen molar-refractivity contribution in [3.63, 3.8) is 0 Å². The fourth-order valence-corrected chi connectivity index (χ4v) is 3.87. The lowest BCUT2D eigenvalue weighted by atomic mass is 10.2. The van der Waals surface area contributed by atoms with Crippen LogP contribution in [0.15, 0.2) is 40.3 Å². The number of nitrogens with zero attached hydrogens (tertiary/aromatic N) is 1. The Morgan fingerprint density at radius 3 is 2.44 bits per heavy atom. The normalized spacial score (nSPS) is 11.6. The van der Waals surface area contributed by atoms with Crippen LogP contribution in [0.2, 0.25) is 10.0 Å². The summed E-state index contributed by atoms with van der Waals surface area (Å²) in [5.74, 6) is 0.620. The quantitative estimate of drug-likeness (QED) is 0.496. The number of hydrogen-bond donors (Lipinski definition) is 1. The summed E-state index contributed by atoms with van der Waals surface area (Å²) in [4.78, 5) is 2.16. The summed E-state index contributed by atoms with van der Waals surface area (Å²) < 4.78 is 35.6. The molecule has 0 heterocycles. The number of rotatable bonds is 8. The Balaban J connectivity index is 2.21. The molecule has 0 saturated carbocycles. The van der Waals surface area contributed by atoms with Crippen molar-refractivity contribution in [3.05, 3.63) is 51.5 Å². The number of halogens is 2. The van der Waals surface area contributed by atoms with E-state index in [0.717, 1.165) is 12.0 Å². The topological polar surface area (TPSA) is 77.0 Å². The van der Waals surface area contributed by atoms with E-state index in [1.807, 2.05) is 6.92 Å². The molecule has 0 bridgehead atoms. The van der Waals surface area contributed by atoms with Crippen molar-refractivity contribution in [1.29, 1.82) is 0 Å². The van der Waals surface area contributed by atoms with Gasteiger partial charge < -0.3 is 9.47 Å². The number of ether oxygens (including phenoxy) is 2. The van der Waals surface area contributed by atoms with E-state index in [1.54, 1.807) is 31.2 Å². The average Bonchev–Trinajstić information content (AvgIpc) is 2.61. The Kier molecular flexibility index (Phi) is 7.35. The first kappa shape index (κ1) is 21.3. The van der Waals surface area contributed by atoms with Crippen molar-refractivity contribution in [2.24, 2.45) is 5.10 Å². The van der Waals surface area contributed by atoms with Crippen LogP contribution in [-0.2, 0) is 10.0 Å². The van der Waals surface area contributed by atoms with Gasteiger partial charge >= 0.3 is 0 Å². The molecule has 0 aliphatic rings. The van der Waals surface area contributed by atoms with Gasteiger partial charge in [-0.25, -0.2) is 0 Å². The molecule has 0 aliphatic heterocycles. The monoisotopic (exact) mass is 430 g/mol. The van der Waals surface area contributed by atoms with Crippen molar-refractivity contribution in [2.75, 3.05) is 13.7 Å². The summed E-state index contributed by atoms with van der Waals surface area (Å²) >= 11 is 12.3. The molecule has 27 heavy (non-hydrogen) atoms. The largest absolute Gasteiger partial charge is 0.495 e. The van der Waals surface area contributed by atoms with Crippen molar-refractivity contribution in [3.8, 4) is 11.5 Å². The zero-order chi connectivity index (χ0) is 20.0. The summed E-state index contributed by atoms with van der Waals surface area (Å²) in [6.07, 6.45) is 2.13. The van der Waals surface area contributed by atoms with Gasteiger partial charge in [-0.2, -0.15) is 18.4 Å². The number of hydrazone groups is 1. The van der Waals surface area contributed by atoms with E-state index in [4.69, 9.17) is 32.7 Å². The minimum atomic E-state index is -3.90. The first-order chi connectivity index (χ1) is 12.8. The Morgan fingerprint density at radius 2 is 1.85 bits per heavy atom. The van der Waals surface area contributed by atoms with E-state index in [9.17, 15) is 8.42 Å². The SMILES string of the molecule is CCCOc1c(Cl)cc(/C=N/NS(=O)(=O)c2cc(C)ccc2OC)cc1Cl. The third-order valence-corrected chi connectivity index (χ3v) is 5.27. The molecule has 146 valence electrons. The van der Waals surface area contributed by atoms with Gasteiger partial charge in [-0.3, -0.25) is 0 Å². The van der Waals surface area contributed by atoms with Crippen LogP contribution in [0.5, 0.6) is 11.5 Å². The number of methoxy groups -OCH3 is 1. The van der Waals surface area contributed by atoms with Crippen LogP contribution in [-0.4, -0.2) is 28.3 Å². The second kappa shape index (κ2) is 9.30. The molecule has 1 N–H and O–H groups in total. The van der Waals surface area contributed by atoms with Gasteiger partial charge in [-0.15, -0.1) is 0 Å². The zero-order valence-electron chi connectivity index (χ0n) is 15.1. The van der Waals surface area contributed by atoms with Gasteiger partial charge in [0.05, 0.1) is 30.0 Å². The second-order valence-corrected chi connectivity index (χ2v) is 8.11. The lowest BCUT2D eigenvalue weighted by molar-refractivity contribution is 0.318. The van der Waals surface area contributed by atoms with Gasteiger partial charge in [-0.05, 0) is 48.7 Å². The molecule has 0 fully saturated rings. The van der Waals surface area contributed by atoms with Gasteiger partial charge in [0.25, 0.3) is 10.0 Å². The molecule has 2 aromatic carbocycles. The molecule has 0 amide bonds. The Morgan fingerprint density at radius 1 is 1.19 bits per heavy atom. The predicted molar refractivity (Wildman–Crippen MR) is 108 cm³/mol. The van der Waals surface area contributed by atoms with E-state index in [-0.39, 0.29) is 10.6 Å². The maximum atomic E-state index is 12.5. The van der Waals surface area contributed by atoms with Crippen LogP contribution < -0.4 is 14.3 Å². The Hall–Kier alpha value is -1.96. The Labute approximate surface area is 169 Å². The maximum absolute atomic E-state index is 12.5. The van der Waals surface area contributed by atoms with Crippen molar-refractivity contribution in [2.45, 2.75) is 25.2 Å². The third-order valence-electron chi connectivity index (χ3n) is 3.47. The van der Waals surface area contributed by atoms with Crippen molar-refractivity contribution >= 4 is 39.4 Å². The molecule has 0 saturated heterocycles. The zero-order valence-corrected chi connectivity index (χ0v) is 17.5. The van der Waals surface area contributed by atoms with E-state index >= 15 is 0 Å². The highest BCUT2D eigenvalue weighted by atomic mass is 35.5. The van der Waals surface area contributed by atoms with E-state index in [1.165, 1.54) is 19.4 Å². The van der Waals surface area contributed by atoms with Crippen LogP contribution in [0.3, 0.4) is 0 Å². The van der Waals surface area contributed by atoms with Crippen LogP contribution >= 0.6 is 23.2 Å². The lowest BCUT2D eigenvalue weighted by Gasteiger charge is -2.10. The number of aryl methyl sites for hydroxylation is 1. The summed E-state index contributed by atoms with van der Waals surface area (Å²) in [5, 5.41) is 4.43. The number of nitrogens with one attached hydrogen (secondary N) is 1. The highest BCUT2D eigenvalue weighted by molar-refractivity contribution is 7.89. The molecular weight excluding hydrogens is 411 g/mol. The summed E-state index contributed by atoms with van der Waals surface area (Å²) in [7, 11) is -2.50. The smallest absolute Gasteiger partial charge is 0.280 e. The third kappa shape index (κ3) is 5.51. The van der Waals surface area contributed by atoms with E-state index in [2.05, 4.69) is 9.93 Å². The highest BCUT2D eigenvalue weighted by Crippen LogP contribution is 2.34. The average molecular weight is 431 g/mol. The van der Waals surface area contributed by atoms with Crippen molar-refractivity contribution < 1.29 is 17.9 Å². The highest BCUT2D eigenvalue weighted by Gasteiger charge is 2.19. The molecule has 0 spiro atoms. The lowest BCUT2D eigenvalue weighted by Crippen LogP contribution is -2.19. The molecule has 0 aliphatic carbocycles. The van der Waals surface area contributed by atoms with Gasteiger partial charge in [0, 0.05) is 0 Å². The van der Waals surface area contributed by atoms with Gasteiger partial charge in [0.1, 0.15) is 10.6 Å². The standard InChI is InChI=1S/C18H20Cl2N2O4S/c1-4-7-26-18-14(19)9-13(10-15(18)20)11-21-22-27(23,24)17-8-12(2)5-6-16(17)25-3/h5-6,8-11,22H,4,7H2,1-3H3/b21-11+. The van der Waals surface area contributed by atoms with Gasteiger partial charge in [0.15, 0.2) is 5.75 Å². The molecule has 6 nitrogen and oxygen atoms in total. The fourth-order valence-electron chi connectivity index (χ4n) is 2.21. The summed E-state index contributed by atoms with van der Waals surface area (Å²) in [5.41, 5.74) is 1.30. The minimum Gasteiger partial charge on any atom is -0.495 e. The summed E-state index contributed by atoms with van der Waals surface area (Å²) in [6.45, 7) is 4.25. The summed E-state index contributed by atoms with van der Waals surface area (Å²) in [6, 6.07) is 8.02. The molecule has 0 atom stereocenters. The van der Waals surface area contributed by atoms with Crippen LogP contribution in [0.25, 0.3) is 0 Å². The van der Waals surface area contributed by atoms with Gasteiger partial charge in [-0.1, -0.05) is 36.2 Å². The van der Waals surface area contributed by atoms with Crippen LogP contribution in [0.4, 0.5) is 0 Å². The predicted octanol–water partition coefficient (Wildman–Crippen LogP) is 4.41. The van der Waals surface area contributed by atoms with E-state index in [0.29, 0.717) is 28.0 Å².